The monoisotopic (exact) mass is 460 g/mol. The van der Waals surface area contributed by atoms with Crippen molar-refractivity contribution in [1.29, 1.82) is 0 Å². The lowest BCUT2D eigenvalue weighted by molar-refractivity contribution is 1.08. The molecule has 5 aromatic carbocycles. The minimum atomic E-state index is 0.731. The highest BCUT2D eigenvalue weighted by Gasteiger charge is 2.20. The summed E-state index contributed by atoms with van der Waals surface area (Å²) in [5.41, 5.74) is 6.71. The van der Waals surface area contributed by atoms with Crippen LogP contribution in [0.2, 0.25) is 0 Å². The largest absolute Gasteiger partial charge is 0.316 e. The molecule has 0 saturated heterocycles. The van der Waals surface area contributed by atoms with Crippen molar-refractivity contribution in [2.45, 2.75) is 0 Å². The van der Waals surface area contributed by atoms with Gasteiger partial charge in [0.05, 0.1) is 34.6 Å². The van der Waals surface area contributed by atoms with Crippen molar-refractivity contribution in [1.82, 2.24) is 19.1 Å². The summed E-state index contributed by atoms with van der Waals surface area (Å²) >= 11 is 0. The summed E-state index contributed by atoms with van der Waals surface area (Å²) < 4.78 is 4.60. The van der Waals surface area contributed by atoms with E-state index in [-0.39, 0.29) is 0 Å². The molecule has 3 heterocycles. The number of benzene rings is 5. The maximum atomic E-state index is 4.73. The van der Waals surface area contributed by atoms with E-state index in [1.54, 1.807) is 0 Å². The van der Waals surface area contributed by atoms with Crippen LogP contribution < -0.4 is 0 Å². The smallest absolute Gasteiger partial charge is 0.159 e. The second-order valence-electron chi connectivity index (χ2n) is 9.18. The lowest BCUT2D eigenvalue weighted by Gasteiger charge is -2.10. The zero-order valence-corrected chi connectivity index (χ0v) is 19.3. The van der Waals surface area contributed by atoms with Gasteiger partial charge in [-0.25, -0.2) is 9.97 Å². The van der Waals surface area contributed by atoms with Gasteiger partial charge in [0.15, 0.2) is 5.82 Å². The summed E-state index contributed by atoms with van der Waals surface area (Å²) in [7, 11) is 0. The van der Waals surface area contributed by atoms with Gasteiger partial charge in [0.2, 0.25) is 0 Å². The van der Waals surface area contributed by atoms with Gasteiger partial charge in [0.25, 0.3) is 0 Å². The number of nitrogens with zero attached hydrogens (tertiary/aromatic N) is 4. The number of aromatic nitrogens is 4. The summed E-state index contributed by atoms with van der Waals surface area (Å²) in [4.78, 5) is 9.47. The molecule has 168 valence electrons. The van der Waals surface area contributed by atoms with Crippen molar-refractivity contribution < 1.29 is 0 Å². The highest BCUT2D eigenvalue weighted by atomic mass is 15.0. The summed E-state index contributed by atoms with van der Waals surface area (Å²) in [6.45, 7) is 0. The highest BCUT2D eigenvalue weighted by molar-refractivity contribution is 6.29. The minimum absolute atomic E-state index is 0.731. The Hall–Kier alpha value is -4.96. The molecule has 0 aliphatic carbocycles. The Balaban J connectivity index is 1.44. The van der Waals surface area contributed by atoms with E-state index in [2.05, 4.69) is 88.1 Å². The first-order valence-electron chi connectivity index (χ1n) is 12.1. The Bertz CT molecular complexity index is 2010. The van der Waals surface area contributed by atoms with Crippen LogP contribution in [0, 0.1) is 0 Å². The lowest BCUT2D eigenvalue weighted by Crippen LogP contribution is -1.98. The van der Waals surface area contributed by atoms with E-state index < -0.39 is 0 Å². The Morgan fingerprint density at radius 2 is 1.33 bits per heavy atom. The average Bonchev–Trinajstić information content (AvgIpc) is 3.53. The third-order valence-electron chi connectivity index (χ3n) is 7.19. The van der Waals surface area contributed by atoms with Crippen LogP contribution in [0.4, 0.5) is 0 Å². The Kier molecular flexibility index (Phi) is 3.91. The topological polar surface area (TPSA) is 35.6 Å². The summed E-state index contributed by atoms with van der Waals surface area (Å²) in [5, 5.41) is 6.25. The molecule has 0 aliphatic rings. The number of para-hydroxylation sites is 1. The third kappa shape index (κ3) is 2.64. The molecule has 4 nitrogen and oxygen atoms in total. The highest BCUT2D eigenvalue weighted by Crippen LogP contribution is 2.42. The SMILES string of the molecule is c1ccc(-c2ncc(-n3c4cccc5ccc6c(c54)c3cc3ccn(-c4ccccc4)c36)cn2)cc1. The normalized spacial score (nSPS) is 11.9. The predicted octanol–water partition coefficient (Wildman–Crippen LogP) is 7.78. The number of fused-ring (bicyclic) bond motifs is 2. The number of hydrogen-bond acceptors (Lipinski definition) is 2. The molecule has 0 radical (unpaired) electrons. The van der Waals surface area contributed by atoms with Crippen molar-refractivity contribution in [3.05, 3.63) is 122 Å². The van der Waals surface area contributed by atoms with Gasteiger partial charge in [0.1, 0.15) is 0 Å². The average molecular weight is 461 g/mol. The standard InChI is InChI=1S/C32H20N4/c1-3-8-22(9-4-1)32-33-19-25(20-34-32)36-27-13-7-10-21-14-15-26-30(29(21)27)28(36)18-23-16-17-35(31(23)26)24-11-5-2-6-12-24/h1-20H. The molecule has 36 heavy (non-hydrogen) atoms. The molecule has 8 aromatic rings. The Morgan fingerprint density at radius 1 is 0.556 bits per heavy atom. The van der Waals surface area contributed by atoms with E-state index in [9.17, 15) is 0 Å². The molecule has 0 aliphatic heterocycles. The van der Waals surface area contributed by atoms with E-state index in [1.165, 1.54) is 43.5 Å². The third-order valence-corrected chi connectivity index (χ3v) is 7.19. The van der Waals surface area contributed by atoms with Gasteiger partial charge in [-0.1, -0.05) is 72.8 Å². The van der Waals surface area contributed by atoms with Crippen LogP contribution >= 0.6 is 0 Å². The quantitative estimate of drug-likeness (QED) is 0.252. The predicted molar refractivity (Wildman–Crippen MR) is 147 cm³/mol. The van der Waals surface area contributed by atoms with E-state index in [0.29, 0.717) is 0 Å². The van der Waals surface area contributed by atoms with Crippen LogP contribution in [0.3, 0.4) is 0 Å². The van der Waals surface area contributed by atoms with Crippen LogP contribution in [-0.4, -0.2) is 19.1 Å². The van der Waals surface area contributed by atoms with Gasteiger partial charge in [-0.15, -0.1) is 0 Å². The number of hydrogen-bond donors (Lipinski definition) is 0. The lowest BCUT2D eigenvalue weighted by atomic mass is 10.0. The maximum absolute atomic E-state index is 4.73. The van der Waals surface area contributed by atoms with Gasteiger partial charge in [0, 0.05) is 39.0 Å². The fraction of sp³-hybridized carbons (Fsp3) is 0. The van der Waals surface area contributed by atoms with Crippen LogP contribution in [0.1, 0.15) is 0 Å². The minimum Gasteiger partial charge on any atom is -0.316 e. The Labute approximate surface area is 207 Å². The van der Waals surface area contributed by atoms with Gasteiger partial charge in [-0.3, -0.25) is 0 Å². The van der Waals surface area contributed by atoms with Gasteiger partial charge >= 0.3 is 0 Å². The van der Waals surface area contributed by atoms with E-state index in [4.69, 9.17) is 9.97 Å². The fourth-order valence-electron chi connectivity index (χ4n) is 5.64. The second kappa shape index (κ2) is 7.27. The summed E-state index contributed by atoms with van der Waals surface area (Å²) in [5.74, 6) is 0.731. The molecule has 0 bridgehead atoms. The van der Waals surface area contributed by atoms with Crippen molar-refractivity contribution in [2.75, 3.05) is 0 Å². The van der Waals surface area contributed by atoms with Crippen LogP contribution in [0.25, 0.3) is 66.2 Å². The zero-order chi connectivity index (χ0) is 23.6. The zero-order valence-electron chi connectivity index (χ0n) is 19.3. The van der Waals surface area contributed by atoms with Crippen LogP contribution in [0.5, 0.6) is 0 Å². The summed E-state index contributed by atoms with van der Waals surface area (Å²) in [6, 6.07) is 36.2. The first-order valence-corrected chi connectivity index (χ1v) is 12.1. The van der Waals surface area contributed by atoms with Crippen LogP contribution in [-0.2, 0) is 0 Å². The van der Waals surface area contributed by atoms with Crippen molar-refractivity contribution in [3.8, 4) is 22.8 Å². The molecule has 0 atom stereocenters. The van der Waals surface area contributed by atoms with Crippen LogP contribution in [0.15, 0.2) is 122 Å². The molecule has 8 rings (SSSR count). The Morgan fingerprint density at radius 3 is 2.14 bits per heavy atom. The van der Waals surface area contributed by atoms with Gasteiger partial charge < -0.3 is 9.13 Å². The number of rotatable bonds is 3. The van der Waals surface area contributed by atoms with E-state index >= 15 is 0 Å². The van der Waals surface area contributed by atoms with Gasteiger partial charge in [-0.2, -0.15) is 0 Å². The molecule has 3 aromatic heterocycles. The van der Waals surface area contributed by atoms with E-state index in [0.717, 1.165) is 22.8 Å². The fourth-order valence-corrected chi connectivity index (χ4v) is 5.64. The van der Waals surface area contributed by atoms with Crippen molar-refractivity contribution >= 4 is 43.5 Å². The molecule has 0 N–H and O–H groups in total. The molecule has 0 fully saturated rings. The maximum Gasteiger partial charge on any atom is 0.159 e. The molecular weight excluding hydrogens is 440 g/mol. The summed E-state index contributed by atoms with van der Waals surface area (Å²) in [6.07, 6.45) is 6.04. The van der Waals surface area contributed by atoms with Crippen molar-refractivity contribution in [3.63, 3.8) is 0 Å². The molecule has 0 spiro atoms. The first-order chi connectivity index (χ1) is 17.9. The molecule has 0 amide bonds. The molecule has 0 unspecified atom stereocenters. The van der Waals surface area contributed by atoms with Gasteiger partial charge in [-0.05, 0) is 35.7 Å². The molecule has 4 heteroatoms. The van der Waals surface area contributed by atoms with Crippen molar-refractivity contribution in [2.24, 2.45) is 0 Å². The first kappa shape index (κ1) is 19.4. The second-order valence-corrected chi connectivity index (χ2v) is 9.18. The molecular formula is C32H20N4. The molecule has 0 saturated carbocycles. The van der Waals surface area contributed by atoms with E-state index in [1.807, 2.05) is 42.7 Å².